The van der Waals surface area contributed by atoms with Crippen molar-refractivity contribution in [3.05, 3.63) is 64.1 Å². The standard InChI is InChI=1S/C19H15BrN2O4/c1-11(23)21-18(24)15-9-12-5-3-8-16(25-2)17(12)26-19(15)22-14-7-4-6-13(20)10-14/h3-10H,1-2H3,(H,21,23,24). The van der Waals surface area contributed by atoms with E-state index in [1.807, 2.05) is 12.1 Å². The number of benzene rings is 2. The summed E-state index contributed by atoms with van der Waals surface area (Å²) in [5.41, 5.74) is 1.29. The number of methoxy groups -OCH3 is 1. The van der Waals surface area contributed by atoms with E-state index in [1.165, 1.54) is 14.0 Å². The number of nitrogens with zero attached hydrogens (tertiary/aromatic N) is 1. The quantitative estimate of drug-likeness (QED) is 0.707. The highest BCUT2D eigenvalue weighted by Crippen LogP contribution is 2.25. The van der Waals surface area contributed by atoms with E-state index in [0.717, 1.165) is 4.47 Å². The second-order valence-corrected chi connectivity index (χ2v) is 6.36. The fourth-order valence-corrected chi connectivity index (χ4v) is 2.81. The van der Waals surface area contributed by atoms with E-state index in [9.17, 15) is 9.59 Å². The van der Waals surface area contributed by atoms with Crippen LogP contribution in [0.1, 0.15) is 17.3 Å². The number of ether oxygens (including phenoxy) is 1. The van der Waals surface area contributed by atoms with Crippen molar-refractivity contribution in [1.29, 1.82) is 0 Å². The first-order chi connectivity index (χ1) is 12.5. The normalized spacial score (nSPS) is 11.4. The molecule has 0 radical (unpaired) electrons. The summed E-state index contributed by atoms with van der Waals surface area (Å²) in [7, 11) is 1.53. The first-order valence-corrected chi connectivity index (χ1v) is 8.50. The molecule has 0 atom stereocenters. The lowest BCUT2D eigenvalue weighted by atomic mass is 10.1. The Morgan fingerprint density at radius 1 is 1.15 bits per heavy atom. The predicted octanol–water partition coefficient (Wildman–Crippen LogP) is 3.71. The number of halogens is 1. The van der Waals surface area contributed by atoms with Crippen molar-refractivity contribution in [3.8, 4) is 5.75 Å². The maximum Gasteiger partial charge on any atom is 0.263 e. The Morgan fingerprint density at radius 2 is 1.92 bits per heavy atom. The molecule has 0 aliphatic rings. The minimum absolute atomic E-state index is 0.0823. The molecule has 3 aromatic rings. The van der Waals surface area contributed by atoms with Crippen LogP contribution in [0.25, 0.3) is 11.0 Å². The maximum absolute atomic E-state index is 12.4. The Balaban J connectivity index is 2.29. The van der Waals surface area contributed by atoms with Crippen LogP contribution in [0.15, 0.2) is 62.4 Å². The van der Waals surface area contributed by atoms with Crippen molar-refractivity contribution in [2.45, 2.75) is 6.92 Å². The van der Waals surface area contributed by atoms with E-state index in [1.54, 1.807) is 36.4 Å². The van der Waals surface area contributed by atoms with Crippen molar-refractivity contribution in [1.82, 2.24) is 5.32 Å². The molecule has 3 rings (SSSR count). The largest absolute Gasteiger partial charge is 0.493 e. The molecule has 0 fully saturated rings. The average Bonchev–Trinajstić information content (AvgIpc) is 2.60. The second kappa shape index (κ2) is 7.53. The van der Waals surface area contributed by atoms with Crippen molar-refractivity contribution >= 4 is 44.4 Å². The van der Waals surface area contributed by atoms with Crippen molar-refractivity contribution in [2.75, 3.05) is 7.11 Å². The topological polar surface area (TPSA) is 80.9 Å². The van der Waals surface area contributed by atoms with Gasteiger partial charge < -0.3 is 9.15 Å². The molecule has 2 aromatic carbocycles. The molecule has 1 heterocycles. The van der Waals surface area contributed by atoms with Crippen LogP contribution in [-0.4, -0.2) is 18.9 Å². The van der Waals surface area contributed by atoms with Gasteiger partial charge in [0.1, 0.15) is 5.56 Å². The molecule has 26 heavy (non-hydrogen) atoms. The zero-order valence-corrected chi connectivity index (χ0v) is 15.7. The Bertz CT molecular complexity index is 1070. The maximum atomic E-state index is 12.4. The van der Waals surface area contributed by atoms with Crippen LogP contribution in [0, 0.1) is 0 Å². The van der Waals surface area contributed by atoms with Gasteiger partial charge in [-0.15, -0.1) is 0 Å². The molecule has 1 aromatic heterocycles. The van der Waals surface area contributed by atoms with Gasteiger partial charge in [0.25, 0.3) is 5.91 Å². The third-order valence-electron chi connectivity index (χ3n) is 3.53. The third-order valence-corrected chi connectivity index (χ3v) is 4.02. The first-order valence-electron chi connectivity index (χ1n) is 7.71. The molecule has 0 saturated heterocycles. The molecule has 2 amide bonds. The Kier molecular flexibility index (Phi) is 5.18. The van der Waals surface area contributed by atoms with Gasteiger partial charge in [-0.3, -0.25) is 14.9 Å². The number of rotatable bonds is 3. The van der Waals surface area contributed by atoms with Gasteiger partial charge >= 0.3 is 0 Å². The molecule has 0 unspecified atom stereocenters. The zero-order chi connectivity index (χ0) is 18.7. The summed E-state index contributed by atoms with van der Waals surface area (Å²) in [6, 6.07) is 14.2. The van der Waals surface area contributed by atoms with Gasteiger partial charge in [0, 0.05) is 16.8 Å². The van der Waals surface area contributed by atoms with Crippen LogP contribution in [0.5, 0.6) is 5.75 Å². The van der Waals surface area contributed by atoms with Gasteiger partial charge in [-0.2, -0.15) is 0 Å². The highest BCUT2D eigenvalue weighted by atomic mass is 79.9. The SMILES string of the molecule is COc1cccc2cc(C(=O)NC(C)=O)c(=Nc3cccc(Br)c3)oc12. The van der Waals surface area contributed by atoms with Crippen LogP contribution in [0.4, 0.5) is 5.69 Å². The summed E-state index contributed by atoms with van der Waals surface area (Å²) in [5, 5.41) is 2.91. The van der Waals surface area contributed by atoms with Gasteiger partial charge in [-0.05, 0) is 30.3 Å². The molecular formula is C19H15BrN2O4. The highest BCUT2D eigenvalue weighted by molar-refractivity contribution is 9.10. The monoisotopic (exact) mass is 414 g/mol. The fourth-order valence-electron chi connectivity index (χ4n) is 2.42. The number of carbonyl (C=O) groups excluding carboxylic acids is 2. The van der Waals surface area contributed by atoms with E-state index in [4.69, 9.17) is 9.15 Å². The molecule has 1 N–H and O–H groups in total. The number of carbonyl (C=O) groups is 2. The number of hydrogen-bond donors (Lipinski definition) is 1. The molecule has 0 bridgehead atoms. The number of amides is 2. The van der Waals surface area contributed by atoms with Crippen LogP contribution < -0.4 is 15.6 Å². The molecule has 0 spiro atoms. The minimum atomic E-state index is -0.584. The van der Waals surface area contributed by atoms with Gasteiger partial charge in [0.05, 0.1) is 12.8 Å². The summed E-state index contributed by atoms with van der Waals surface area (Å²) in [4.78, 5) is 28.2. The van der Waals surface area contributed by atoms with Crippen LogP contribution >= 0.6 is 15.9 Å². The first kappa shape index (κ1) is 17.9. The lowest BCUT2D eigenvalue weighted by Gasteiger charge is -2.07. The summed E-state index contributed by atoms with van der Waals surface area (Å²) >= 11 is 3.38. The average molecular weight is 415 g/mol. The summed E-state index contributed by atoms with van der Waals surface area (Å²) < 4.78 is 12.0. The Labute approximate surface area is 157 Å². The van der Waals surface area contributed by atoms with Gasteiger partial charge in [-0.1, -0.05) is 34.1 Å². The van der Waals surface area contributed by atoms with E-state index >= 15 is 0 Å². The molecule has 0 aliphatic carbocycles. The minimum Gasteiger partial charge on any atom is -0.493 e. The lowest BCUT2D eigenvalue weighted by Crippen LogP contribution is -2.32. The Hall–Kier alpha value is -2.93. The van der Waals surface area contributed by atoms with E-state index < -0.39 is 11.8 Å². The van der Waals surface area contributed by atoms with Crippen LogP contribution in [-0.2, 0) is 4.79 Å². The second-order valence-electron chi connectivity index (χ2n) is 5.45. The number of nitrogens with one attached hydrogen (secondary N) is 1. The van der Waals surface area contributed by atoms with Crippen molar-refractivity contribution < 1.29 is 18.7 Å². The van der Waals surface area contributed by atoms with E-state index in [0.29, 0.717) is 22.4 Å². The van der Waals surface area contributed by atoms with Crippen LogP contribution in [0.3, 0.4) is 0 Å². The molecular weight excluding hydrogens is 400 g/mol. The van der Waals surface area contributed by atoms with Gasteiger partial charge in [0.2, 0.25) is 11.5 Å². The highest BCUT2D eigenvalue weighted by Gasteiger charge is 2.15. The molecule has 7 heteroatoms. The molecule has 132 valence electrons. The van der Waals surface area contributed by atoms with Crippen LogP contribution in [0.2, 0.25) is 0 Å². The third kappa shape index (κ3) is 3.83. The van der Waals surface area contributed by atoms with E-state index in [2.05, 4.69) is 26.2 Å². The van der Waals surface area contributed by atoms with E-state index in [-0.39, 0.29) is 11.1 Å². The smallest absolute Gasteiger partial charge is 0.263 e. The van der Waals surface area contributed by atoms with Crippen molar-refractivity contribution in [2.24, 2.45) is 4.99 Å². The van der Waals surface area contributed by atoms with Crippen molar-refractivity contribution in [3.63, 3.8) is 0 Å². The molecule has 6 nitrogen and oxygen atoms in total. The van der Waals surface area contributed by atoms with Gasteiger partial charge in [-0.25, -0.2) is 4.99 Å². The summed E-state index contributed by atoms with van der Waals surface area (Å²) in [5.74, 6) is -0.527. The summed E-state index contributed by atoms with van der Waals surface area (Å²) in [6.45, 7) is 1.27. The number of fused-ring (bicyclic) bond motifs is 1. The molecule has 0 saturated carbocycles. The van der Waals surface area contributed by atoms with Gasteiger partial charge in [0.15, 0.2) is 11.3 Å². The summed E-state index contributed by atoms with van der Waals surface area (Å²) in [6.07, 6.45) is 0. The number of imide groups is 1. The number of hydrogen-bond acceptors (Lipinski definition) is 5. The number of para-hydroxylation sites is 1. The zero-order valence-electron chi connectivity index (χ0n) is 14.1. The molecule has 0 aliphatic heterocycles. The predicted molar refractivity (Wildman–Crippen MR) is 100 cm³/mol. The Morgan fingerprint density at radius 3 is 2.62 bits per heavy atom. The lowest BCUT2D eigenvalue weighted by molar-refractivity contribution is -0.118. The fraction of sp³-hybridized carbons (Fsp3) is 0.105.